The number of H-pyrrole nitrogens is 1. The van der Waals surface area contributed by atoms with Crippen LogP contribution in [0.15, 0.2) is 82.7 Å². The monoisotopic (exact) mass is 575 g/mol. The Labute approximate surface area is 227 Å². The predicted molar refractivity (Wildman–Crippen MR) is 136 cm³/mol. The molecule has 8 nitrogen and oxygen atoms in total. The number of nitrogens with zero attached hydrogens (tertiary/aromatic N) is 2. The molecule has 0 radical (unpaired) electrons. The van der Waals surface area contributed by atoms with Gasteiger partial charge in [0.25, 0.3) is 17.4 Å². The van der Waals surface area contributed by atoms with E-state index in [1.54, 1.807) is 30.3 Å². The average Bonchev–Trinajstić information content (AvgIpc) is 2.94. The van der Waals surface area contributed by atoms with Crippen LogP contribution in [-0.4, -0.2) is 27.7 Å². The topological polar surface area (TPSA) is 116 Å². The molecular formula is C27H19F6N5O3. The molecule has 4 aromatic rings. The van der Waals surface area contributed by atoms with Crippen LogP contribution in [0.2, 0.25) is 0 Å². The molecule has 1 unspecified atom stereocenters. The van der Waals surface area contributed by atoms with Gasteiger partial charge in [-0.3, -0.25) is 14.4 Å². The fourth-order valence-corrected chi connectivity index (χ4v) is 3.85. The number of aromatic amines is 1. The van der Waals surface area contributed by atoms with Crippen LogP contribution >= 0.6 is 0 Å². The maximum absolute atomic E-state index is 13.3. The van der Waals surface area contributed by atoms with Crippen molar-refractivity contribution in [2.24, 2.45) is 5.10 Å². The Kier molecular flexibility index (Phi) is 7.94. The van der Waals surface area contributed by atoms with Crippen LogP contribution in [0.4, 0.5) is 26.3 Å². The molecule has 1 atom stereocenters. The van der Waals surface area contributed by atoms with Crippen molar-refractivity contribution in [3.05, 3.63) is 111 Å². The number of nitrogens with one attached hydrogen (secondary N) is 3. The van der Waals surface area contributed by atoms with E-state index in [4.69, 9.17) is 0 Å². The molecule has 3 aromatic carbocycles. The van der Waals surface area contributed by atoms with Crippen molar-refractivity contribution in [1.29, 1.82) is 0 Å². The van der Waals surface area contributed by atoms with E-state index in [-0.39, 0.29) is 33.8 Å². The summed E-state index contributed by atoms with van der Waals surface area (Å²) in [6.07, 6.45) is -10.2. The van der Waals surface area contributed by atoms with Gasteiger partial charge in [-0.05, 0) is 48.9 Å². The minimum atomic E-state index is -5.08. The van der Waals surface area contributed by atoms with Gasteiger partial charge in [0.15, 0.2) is 6.04 Å². The summed E-state index contributed by atoms with van der Waals surface area (Å²) in [4.78, 5) is 38.5. The Bertz CT molecular complexity index is 1670. The van der Waals surface area contributed by atoms with Crippen molar-refractivity contribution >= 4 is 28.3 Å². The van der Waals surface area contributed by atoms with Crippen LogP contribution in [0.25, 0.3) is 10.8 Å². The van der Waals surface area contributed by atoms with Crippen molar-refractivity contribution in [2.75, 3.05) is 0 Å². The third-order valence-electron chi connectivity index (χ3n) is 5.91. The minimum absolute atomic E-state index is 0.0303. The Morgan fingerprint density at radius 1 is 0.829 bits per heavy atom. The number of rotatable bonds is 6. The number of hydrogen-bond acceptors (Lipinski definition) is 5. The number of fused-ring (bicyclic) bond motifs is 1. The number of aromatic nitrogens is 2. The number of carbonyl (C=O) groups excluding carboxylic acids is 2. The molecule has 0 aliphatic heterocycles. The molecule has 0 bridgehead atoms. The summed E-state index contributed by atoms with van der Waals surface area (Å²) in [6.45, 7) is 1.10. The summed E-state index contributed by atoms with van der Waals surface area (Å²) in [6, 6.07) is 13.1. The highest BCUT2D eigenvalue weighted by Crippen LogP contribution is 2.36. The first kappa shape index (κ1) is 29.0. The lowest BCUT2D eigenvalue weighted by atomic mass is 10.0. The number of halogens is 6. The molecule has 1 aromatic heterocycles. The van der Waals surface area contributed by atoms with E-state index in [1.165, 1.54) is 24.3 Å². The van der Waals surface area contributed by atoms with Gasteiger partial charge in [-0.25, -0.2) is 10.5 Å². The number of benzene rings is 3. The molecule has 3 N–H and O–H groups in total. The summed E-state index contributed by atoms with van der Waals surface area (Å²) in [5.74, 6) is -1.75. The van der Waals surface area contributed by atoms with E-state index in [2.05, 4.69) is 26.0 Å². The quantitative estimate of drug-likeness (QED) is 0.171. The first-order chi connectivity index (χ1) is 19.3. The lowest BCUT2D eigenvalue weighted by molar-refractivity contribution is -0.143. The third-order valence-corrected chi connectivity index (χ3v) is 5.91. The zero-order chi connectivity index (χ0) is 29.9. The zero-order valence-electron chi connectivity index (χ0n) is 20.9. The second kappa shape index (κ2) is 11.2. The Hall–Kier alpha value is -5.01. The number of alkyl halides is 6. The molecular weight excluding hydrogens is 556 g/mol. The van der Waals surface area contributed by atoms with Crippen LogP contribution in [0, 0.1) is 0 Å². The molecule has 212 valence electrons. The van der Waals surface area contributed by atoms with Crippen molar-refractivity contribution in [3.8, 4) is 0 Å². The number of carbonyl (C=O) groups is 2. The van der Waals surface area contributed by atoms with E-state index in [1.807, 2.05) is 0 Å². The summed E-state index contributed by atoms with van der Waals surface area (Å²) in [5, 5.41) is 12.7. The second-order valence-electron chi connectivity index (χ2n) is 8.72. The van der Waals surface area contributed by atoms with E-state index in [9.17, 15) is 40.7 Å². The van der Waals surface area contributed by atoms with E-state index in [0.29, 0.717) is 12.1 Å². The zero-order valence-corrected chi connectivity index (χ0v) is 20.9. The largest absolute Gasteiger partial charge is 0.416 e. The van der Waals surface area contributed by atoms with Gasteiger partial charge in [0.1, 0.15) is 5.69 Å². The molecule has 2 amide bonds. The van der Waals surface area contributed by atoms with Gasteiger partial charge >= 0.3 is 12.4 Å². The van der Waals surface area contributed by atoms with E-state index in [0.717, 1.165) is 6.92 Å². The standard InChI is InChI=1S/C27H19F6N5O3/c1-14(16-11-17(26(28,29)30)13-18(12-16)27(31,32)33)35-38-25(41)22(34-23(39)15-7-3-2-4-8-15)21-19-9-5-6-10-20(19)24(40)37-36-21/h2-13,22H,1H3,(H,34,39)(H,37,40)(H,38,41). The highest BCUT2D eigenvalue weighted by atomic mass is 19.4. The predicted octanol–water partition coefficient (Wildman–Crippen LogP) is 4.97. The third kappa shape index (κ3) is 6.59. The summed E-state index contributed by atoms with van der Waals surface area (Å²) in [5.41, 5.74) is -2.47. The van der Waals surface area contributed by atoms with E-state index >= 15 is 0 Å². The smallest absolute Gasteiger partial charge is 0.335 e. The molecule has 0 aliphatic rings. The van der Waals surface area contributed by atoms with Crippen molar-refractivity contribution in [2.45, 2.75) is 25.3 Å². The lowest BCUT2D eigenvalue weighted by Crippen LogP contribution is -2.40. The average molecular weight is 575 g/mol. The number of amides is 2. The first-order valence-corrected chi connectivity index (χ1v) is 11.7. The summed E-state index contributed by atoms with van der Waals surface area (Å²) in [7, 11) is 0. The number of hydrogen-bond donors (Lipinski definition) is 3. The van der Waals surface area contributed by atoms with Gasteiger partial charge in [0, 0.05) is 10.9 Å². The summed E-state index contributed by atoms with van der Waals surface area (Å²) >= 11 is 0. The molecule has 14 heteroatoms. The molecule has 4 rings (SSSR count). The highest BCUT2D eigenvalue weighted by Gasteiger charge is 2.37. The van der Waals surface area contributed by atoms with Gasteiger partial charge < -0.3 is 5.32 Å². The molecule has 0 fully saturated rings. The molecule has 1 heterocycles. The van der Waals surface area contributed by atoms with Crippen LogP contribution in [-0.2, 0) is 17.1 Å². The van der Waals surface area contributed by atoms with Gasteiger partial charge in [-0.1, -0.05) is 36.4 Å². The van der Waals surface area contributed by atoms with Crippen molar-refractivity contribution in [1.82, 2.24) is 20.9 Å². The molecule has 0 spiro atoms. The lowest BCUT2D eigenvalue weighted by Gasteiger charge is -2.18. The van der Waals surface area contributed by atoms with Crippen LogP contribution in [0.5, 0.6) is 0 Å². The second-order valence-corrected chi connectivity index (χ2v) is 8.72. The van der Waals surface area contributed by atoms with E-state index < -0.39 is 52.5 Å². The van der Waals surface area contributed by atoms with Gasteiger partial charge in [0.05, 0.1) is 22.2 Å². The SMILES string of the molecule is CC(=NNC(=O)C(NC(=O)c1ccccc1)c1n[nH]c(=O)c2ccccc12)c1cc(C(F)(F)F)cc(C(F)(F)F)c1. The summed E-state index contributed by atoms with van der Waals surface area (Å²) < 4.78 is 79.7. The Balaban J connectivity index is 1.72. The first-order valence-electron chi connectivity index (χ1n) is 11.7. The molecule has 41 heavy (non-hydrogen) atoms. The van der Waals surface area contributed by atoms with Crippen molar-refractivity contribution < 1.29 is 35.9 Å². The Morgan fingerprint density at radius 3 is 1.98 bits per heavy atom. The maximum atomic E-state index is 13.3. The van der Waals surface area contributed by atoms with Crippen LogP contribution in [0.3, 0.4) is 0 Å². The normalized spacial score (nSPS) is 13.1. The minimum Gasteiger partial charge on any atom is -0.335 e. The molecule has 0 aliphatic carbocycles. The van der Waals surface area contributed by atoms with Crippen molar-refractivity contribution in [3.63, 3.8) is 0 Å². The van der Waals surface area contributed by atoms with Crippen LogP contribution in [0.1, 0.15) is 45.7 Å². The van der Waals surface area contributed by atoms with Crippen LogP contribution < -0.4 is 16.3 Å². The van der Waals surface area contributed by atoms with Gasteiger partial charge in [-0.15, -0.1) is 0 Å². The fraction of sp³-hybridized carbons (Fsp3) is 0.148. The van der Waals surface area contributed by atoms with Gasteiger partial charge in [-0.2, -0.15) is 36.5 Å². The number of hydrazone groups is 1. The highest BCUT2D eigenvalue weighted by molar-refractivity contribution is 6.01. The molecule has 0 saturated heterocycles. The fourth-order valence-electron chi connectivity index (χ4n) is 3.85. The maximum Gasteiger partial charge on any atom is 0.416 e. The van der Waals surface area contributed by atoms with Gasteiger partial charge in [0.2, 0.25) is 0 Å². The Morgan fingerprint density at radius 2 is 1.39 bits per heavy atom. The molecule has 0 saturated carbocycles.